The normalized spacial score (nSPS) is 23.9. The van der Waals surface area contributed by atoms with E-state index in [9.17, 15) is 0 Å². The lowest BCUT2D eigenvalue weighted by atomic mass is 9.76. The molecule has 0 unspecified atom stereocenters. The van der Waals surface area contributed by atoms with Crippen LogP contribution >= 0.6 is 11.9 Å². The molecule has 1 fully saturated rings. The molecule has 0 radical (unpaired) electrons. The highest BCUT2D eigenvalue weighted by atomic mass is 32.2. The predicted molar refractivity (Wildman–Crippen MR) is 80.2 cm³/mol. The zero-order valence-electron chi connectivity index (χ0n) is 11.3. The smallest absolute Gasteiger partial charge is 0.0533 e. The van der Waals surface area contributed by atoms with Gasteiger partial charge in [0.15, 0.2) is 0 Å². The third kappa shape index (κ3) is 1.83. The van der Waals surface area contributed by atoms with Crippen LogP contribution in [-0.2, 0) is 0 Å². The van der Waals surface area contributed by atoms with Crippen molar-refractivity contribution in [3.63, 3.8) is 0 Å². The molecular formula is C16H21NS. The minimum Gasteiger partial charge on any atom is -0.239 e. The molecule has 0 amide bonds. The topological polar surface area (TPSA) is 3.24 Å². The Morgan fingerprint density at radius 3 is 2.39 bits per heavy atom. The van der Waals surface area contributed by atoms with Crippen molar-refractivity contribution in [2.45, 2.75) is 44.6 Å². The summed E-state index contributed by atoms with van der Waals surface area (Å²) in [4.78, 5) is 1.49. The van der Waals surface area contributed by atoms with E-state index in [1.165, 1.54) is 42.6 Å². The average Bonchev–Trinajstić information content (AvgIpc) is 2.66. The molecule has 1 aliphatic carbocycles. The van der Waals surface area contributed by atoms with Crippen LogP contribution in [0, 0.1) is 0 Å². The Kier molecular flexibility index (Phi) is 3.25. The first-order valence-electron chi connectivity index (χ1n) is 6.93. The van der Waals surface area contributed by atoms with Crippen LogP contribution in [0.5, 0.6) is 0 Å². The van der Waals surface area contributed by atoms with Crippen molar-refractivity contribution in [3.05, 3.63) is 41.5 Å². The molecule has 1 aromatic carbocycles. The van der Waals surface area contributed by atoms with Crippen LogP contribution in [0.1, 0.15) is 44.6 Å². The maximum Gasteiger partial charge on any atom is 0.0533 e. The molecule has 3 rings (SSSR count). The largest absolute Gasteiger partial charge is 0.239 e. The molecular weight excluding hydrogens is 238 g/mol. The molecule has 0 N–H and O–H groups in total. The number of benzene rings is 1. The van der Waals surface area contributed by atoms with E-state index in [2.05, 4.69) is 48.6 Å². The molecule has 0 saturated heterocycles. The van der Waals surface area contributed by atoms with E-state index in [4.69, 9.17) is 0 Å². The second-order valence-corrected chi connectivity index (χ2v) is 6.64. The number of hydrogen-bond acceptors (Lipinski definition) is 2. The molecule has 1 spiro atoms. The van der Waals surface area contributed by atoms with E-state index >= 15 is 0 Å². The quantitative estimate of drug-likeness (QED) is 0.672. The van der Waals surface area contributed by atoms with Crippen molar-refractivity contribution in [2.24, 2.45) is 0 Å². The molecule has 0 bridgehead atoms. The first kappa shape index (κ1) is 12.3. The second-order valence-electron chi connectivity index (χ2n) is 5.50. The average molecular weight is 259 g/mol. The summed E-state index contributed by atoms with van der Waals surface area (Å²) in [6, 6.07) is 10.9. The molecule has 2 aliphatic rings. The van der Waals surface area contributed by atoms with Gasteiger partial charge in [-0.15, -0.1) is 0 Å². The van der Waals surface area contributed by atoms with Crippen LogP contribution in [-0.4, -0.2) is 16.9 Å². The zero-order valence-corrected chi connectivity index (χ0v) is 12.1. The maximum absolute atomic E-state index is 2.52. The van der Waals surface area contributed by atoms with Gasteiger partial charge in [-0.1, -0.05) is 49.6 Å². The summed E-state index contributed by atoms with van der Waals surface area (Å²) in [5, 5.41) is 0. The summed E-state index contributed by atoms with van der Waals surface area (Å²) in [7, 11) is 2.27. The Balaban J connectivity index is 2.01. The van der Waals surface area contributed by atoms with Gasteiger partial charge >= 0.3 is 0 Å². The van der Waals surface area contributed by atoms with Gasteiger partial charge in [0.1, 0.15) is 0 Å². The molecule has 1 aromatic rings. The fourth-order valence-electron chi connectivity index (χ4n) is 3.43. The van der Waals surface area contributed by atoms with E-state index in [0.717, 1.165) is 0 Å². The van der Waals surface area contributed by atoms with Gasteiger partial charge in [-0.25, -0.2) is 4.31 Å². The van der Waals surface area contributed by atoms with Gasteiger partial charge in [-0.3, -0.25) is 0 Å². The summed E-state index contributed by atoms with van der Waals surface area (Å²) in [6.45, 7) is 2.35. The van der Waals surface area contributed by atoms with Crippen molar-refractivity contribution in [3.8, 4) is 0 Å². The Bertz CT molecular complexity index is 457. The number of hydrogen-bond donors (Lipinski definition) is 0. The van der Waals surface area contributed by atoms with Gasteiger partial charge in [0.05, 0.1) is 5.54 Å². The summed E-state index contributed by atoms with van der Waals surface area (Å²) in [5.74, 6) is 0. The van der Waals surface area contributed by atoms with Crippen LogP contribution in [0.15, 0.2) is 35.9 Å². The molecule has 2 heteroatoms. The number of likely N-dealkylation sites (N-methyl/N-ethyl adjacent to an activating group) is 1. The van der Waals surface area contributed by atoms with E-state index in [-0.39, 0.29) is 0 Å². The van der Waals surface area contributed by atoms with Crippen LogP contribution in [0.4, 0.5) is 0 Å². The van der Waals surface area contributed by atoms with Crippen LogP contribution in [0.2, 0.25) is 0 Å². The lowest BCUT2D eigenvalue weighted by molar-refractivity contribution is 0.211. The molecule has 1 aliphatic heterocycles. The molecule has 0 aromatic heterocycles. The zero-order chi connectivity index (χ0) is 12.6. The van der Waals surface area contributed by atoms with E-state index in [1.807, 2.05) is 11.9 Å². The lowest BCUT2D eigenvalue weighted by Gasteiger charge is -2.40. The van der Waals surface area contributed by atoms with E-state index < -0.39 is 0 Å². The Morgan fingerprint density at radius 2 is 1.72 bits per heavy atom. The first-order valence-corrected chi connectivity index (χ1v) is 7.70. The SMILES string of the molecule is CC1=C(c2ccccc2)SN(C)C12CCCCC2. The first-order chi connectivity index (χ1) is 8.74. The van der Waals surface area contributed by atoms with Crippen molar-refractivity contribution in [1.82, 2.24) is 4.31 Å². The summed E-state index contributed by atoms with van der Waals surface area (Å²) < 4.78 is 2.52. The Hall–Kier alpha value is -0.730. The van der Waals surface area contributed by atoms with Crippen molar-refractivity contribution >= 4 is 16.9 Å². The van der Waals surface area contributed by atoms with Gasteiger partial charge in [-0.2, -0.15) is 0 Å². The Labute approximate surface area is 114 Å². The molecule has 96 valence electrons. The molecule has 18 heavy (non-hydrogen) atoms. The van der Waals surface area contributed by atoms with Gasteiger partial charge < -0.3 is 0 Å². The highest BCUT2D eigenvalue weighted by Crippen LogP contribution is 2.53. The predicted octanol–water partition coefficient (Wildman–Crippen LogP) is 4.71. The minimum absolute atomic E-state index is 0.341. The molecule has 1 saturated carbocycles. The fraction of sp³-hybridized carbons (Fsp3) is 0.500. The van der Waals surface area contributed by atoms with Gasteiger partial charge in [0, 0.05) is 4.91 Å². The standard InChI is InChI=1S/C16H21NS/c1-13-15(14-9-5-3-6-10-14)18-17(2)16(13)11-7-4-8-12-16/h3,5-6,9-10H,4,7-8,11-12H2,1-2H3. The second kappa shape index (κ2) is 4.75. The highest BCUT2D eigenvalue weighted by molar-refractivity contribution is 8.06. The Morgan fingerprint density at radius 1 is 1.06 bits per heavy atom. The van der Waals surface area contributed by atoms with Crippen molar-refractivity contribution in [1.29, 1.82) is 0 Å². The fourth-order valence-corrected chi connectivity index (χ4v) is 4.76. The molecule has 0 atom stereocenters. The van der Waals surface area contributed by atoms with Gasteiger partial charge in [0.25, 0.3) is 0 Å². The van der Waals surface area contributed by atoms with E-state index in [1.54, 1.807) is 5.57 Å². The van der Waals surface area contributed by atoms with Crippen LogP contribution < -0.4 is 0 Å². The highest BCUT2D eigenvalue weighted by Gasteiger charge is 2.44. The van der Waals surface area contributed by atoms with Gasteiger partial charge in [0.2, 0.25) is 0 Å². The lowest BCUT2D eigenvalue weighted by Crippen LogP contribution is -2.42. The van der Waals surface area contributed by atoms with Crippen molar-refractivity contribution in [2.75, 3.05) is 7.05 Å². The number of nitrogens with zero attached hydrogens (tertiary/aromatic N) is 1. The molecule has 1 heterocycles. The van der Waals surface area contributed by atoms with E-state index in [0.29, 0.717) is 5.54 Å². The summed E-state index contributed by atoms with van der Waals surface area (Å²) >= 11 is 1.95. The molecule has 1 nitrogen and oxygen atoms in total. The van der Waals surface area contributed by atoms with Crippen molar-refractivity contribution < 1.29 is 0 Å². The third-order valence-electron chi connectivity index (χ3n) is 4.59. The number of rotatable bonds is 1. The van der Waals surface area contributed by atoms with Gasteiger partial charge in [-0.05, 0) is 49.9 Å². The third-order valence-corrected chi connectivity index (χ3v) is 5.93. The summed E-state index contributed by atoms with van der Waals surface area (Å²) in [6.07, 6.45) is 6.83. The van der Waals surface area contributed by atoms with Crippen LogP contribution in [0.3, 0.4) is 0 Å². The van der Waals surface area contributed by atoms with Crippen LogP contribution in [0.25, 0.3) is 4.91 Å². The maximum atomic E-state index is 2.52. The summed E-state index contributed by atoms with van der Waals surface area (Å²) in [5.41, 5.74) is 3.32. The monoisotopic (exact) mass is 259 g/mol. The minimum atomic E-state index is 0.341.